The number of carbonyl (C=O) groups is 2. The van der Waals surface area contributed by atoms with Crippen LogP contribution in [0.3, 0.4) is 0 Å². The molecular formula is C30H30O8. The van der Waals surface area contributed by atoms with E-state index in [4.69, 9.17) is 28.4 Å². The highest BCUT2D eigenvalue weighted by Gasteiger charge is 2.58. The summed E-state index contributed by atoms with van der Waals surface area (Å²) in [5.41, 5.74) is 1.71. The minimum Gasteiger partial charge on any atom is -0.458 e. The first kappa shape index (κ1) is 26.1. The number of rotatable bonds is 9. The van der Waals surface area contributed by atoms with Crippen LogP contribution in [0.2, 0.25) is 0 Å². The second-order valence-corrected chi connectivity index (χ2v) is 9.60. The van der Waals surface area contributed by atoms with Gasteiger partial charge in [-0.3, -0.25) is 0 Å². The number of ether oxygens (including phenoxy) is 6. The van der Waals surface area contributed by atoms with Crippen molar-refractivity contribution >= 4 is 11.9 Å². The molecule has 38 heavy (non-hydrogen) atoms. The fraction of sp³-hybridized carbons (Fsp3) is 0.333. The molecule has 0 saturated carbocycles. The van der Waals surface area contributed by atoms with Gasteiger partial charge in [-0.1, -0.05) is 66.7 Å². The second kappa shape index (κ2) is 11.4. The summed E-state index contributed by atoms with van der Waals surface area (Å²) in [5, 5.41) is 0. The molecule has 0 unspecified atom stereocenters. The molecule has 0 N–H and O–H groups in total. The maximum Gasteiger partial charge on any atom is 0.338 e. The van der Waals surface area contributed by atoms with Gasteiger partial charge in [0.15, 0.2) is 18.2 Å². The fourth-order valence-electron chi connectivity index (χ4n) is 4.55. The summed E-state index contributed by atoms with van der Waals surface area (Å²) < 4.78 is 36.0. The van der Waals surface area contributed by atoms with Crippen LogP contribution in [0.1, 0.15) is 40.1 Å². The van der Waals surface area contributed by atoms with E-state index in [1.807, 2.05) is 36.4 Å². The Labute approximate surface area is 221 Å². The Balaban J connectivity index is 1.38. The Morgan fingerprint density at radius 2 is 1.39 bits per heavy atom. The molecule has 2 fully saturated rings. The molecule has 0 spiro atoms. The minimum absolute atomic E-state index is 0.245. The van der Waals surface area contributed by atoms with Gasteiger partial charge in [0.2, 0.25) is 0 Å². The molecule has 2 aliphatic heterocycles. The summed E-state index contributed by atoms with van der Waals surface area (Å²) in [6.07, 6.45) is -3.77. The van der Waals surface area contributed by atoms with Crippen molar-refractivity contribution in [2.24, 2.45) is 0 Å². The van der Waals surface area contributed by atoms with E-state index in [0.29, 0.717) is 11.1 Å². The number of fused-ring (bicyclic) bond motifs is 1. The highest BCUT2D eigenvalue weighted by atomic mass is 16.8. The minimum atomic E-state index is -0.989. The van der Waals surface area contributed by atoms with Crippen molar-refractivity contribution < 1.29 is 38.0 Å². The van der Waals surface area contributed by atoms with E-state index in [9.17, 15) is 9.59 Å². The van der Waals surface area contributed by atoms with E-state index in [1.165, 1.54) is 0 Å². The molecular weight excluding hydrogens is 488 g/mol. The molecule has 5 atom stereocenters. The highest BCUT2D eigenvalue weighted by molar-refractivity contribution is 5.90. The van der Waals surface area contributed by atoms with Gasteiger partial charge < -0.3 is 28.4 Å². The van der Waals surface area contributed by atoms with Crippen molar-refractivity contribution in [1.82, 2.24) is 0 Å². The van der Waals surface area contributed by atoms with Crippen LogP contribution >= 0.6 is 0 Å². The highest BCUT2D eigenvalue weighted by Crippen LogP contribution is 2.40. The van der Waals surface area contributed by atoms with Gasteiger partial charge in [-0.05, 0) is 43.7 Å². The topological polar surface area (TPSA) is 89.5 Å². The Kier molecular flexibility index (Phi) is 7.85. The smallest absolute Gasteiger partial charge is 0.338 e. The monoisotopic (exact) mass is 518 g/mol. The van der Waals surface area contributed by atoms with Crippen LogP contribution < -0.4 is 0 Å². The summed E-state index contributed by atoms with van der Waals surface area (Å²) in [4.78, 5) is 25.7. The molecule has 2 saturated heterocycles. The van der Waals surface area contributed by atoms with Gasteiger partial charge in [0.25, 0.3) is 0 Å². The lowest BCUT2D eigenvalue weighted by Crippen LogP contribution is -2.46. The second-order valence-electron chi connectivity index (χ2n) is 9.60. The van der Waals surface area contributed by atoms with Crippen molar-refractivity contribution in [3.05, 3.63) is 108 Å². The largest absolute Gasteiger partial charge is 0.458 e. The van der Waals surface area contributed by atoms with Crippen molar-refractivity contribution in [1.29, 1.82) is 0 Å². The van der Waals surface area contributed by atoms with E-state index in [2.05, 4.69) is 0 Å². The molecule has 0 amide bonds. The van der Waals surface area contributed by atoms with Crippen molar-refractivity contribution in [3.8, 4) is 0 Å². The third-order valence-electron chi connectivity index (χ3n) is 6.33. The number of carbonyl (C=O) groups excluding carboxylic acids is 2. The Morgan fingerprint density at radius 3 is 2.03 bits per heavy atom. The lowest BCUT2D eigenvalue weighted by atomic mass is 10.1. The molecule has 0 bridgehead atoms. The van der Waals surface area contributed by atoms with Crippen LogP contribution in [-0.2, 0) is 35.0 Å². The molecule has 0 aliphatic carbocycles. The normalized spacial score (nSPS) is 24.4. The zero-order valence-corrected chi connectivity index (χ0v) is 21.2. The lowest BCUT2D eigenvalue weighted by Gasteiger charge is -2.30. The Morgan fingerprint density at radius 1 is 0.816 bits per heavy atom. The van der Waals surface area contributed by atoms with E-state index in [1.54, 1.807) is 68.4 Å². The SMILES string of the molecule is CC1(C)O[C@H]2O[C@H]([C@@H](COC(=O)c3ccccc3)OC(=O)c3ccccc3)[C@@H](OCc3ccccc3)[C@H]2O1. The standard InChI is InChI=1S/C30H30O8/c1-30(2)37-26-25(33-18-20-12-6-3-7-13-20)24(36-29(26)38-30)23(35-28(32)22-16-10-5-11-17-22)19-34-27(31)21-14-8-4-9-15-21/h3-17,23-26,29H,18-19H2,1-2H3/t23-,24-,25-,26-,29-/m1/s1. The quantitative estimate of drug-likeness (QED) is 0.382. The first-order chi connectivity index (χ1) is 18.4. The first-order valence-corrected chi connectivity index (χ1v) is 12.5. The molecule has 0 radical (unpaired) electrons. The molecule has 3 aromatic carbocycles. The van der Waals surface area contributed by atoms with Crippen LogP contribution in [0, 0.1) is 0 Å². The number of esters is 2. The van der Waals surface area contributed by atoms with Gasteiger partial charge in [-0.2, -0.15) is 0 Å². The molecule has 8 heteroatoms. The predicted octanol–water partition coefficient (Wildman–Crippen LogP) is 4.53. The Hall–Kier alpha value is -3.56. The fourth-order valence-corrected chi connectivity index (χ4v) is 4.55. The van der Waals surface area contributed by atoms with Crippen LogP contribution in [-0.4, -0.2) is 55.0 Å². The van der Waals surface area contributed by atoms with Crippen LogP contribution in [0.15, 0.2) is 91.0 Å². The molecule has 0 aromatic heterocycles. The van der Waals surface area contributed by atoms with Gasteiger partial charge in [0, 0.05) is 0 Å². The third-order valence-corrected chi connectivity index (χ3v) is 6.33. The summed E-state index contributed by atoms with van der Waals surface area (Å²) in [6.45, 7) is 3.63. The summed E-state index contributed by atoms with van der Waals surface area (Å²) >= 11 is 0. The number of hydrogen-bond donors (Lipinski definition) is 0. The first-order valence-electron chi connectivity index (χ1n) is 12.5. The summed E-state index contributed by atoms with van der Waals surface area (Å²) in [7, 11) is 0. The van der Waals surface area contributed by atoms with Crippen LogP contribution in [0.4, 0.5) is 0 Å². The van der Waals surface area contributed by atoms with E-state index >= 15 is 0 Å². The van der Waals surface area contributed by atoms with Gasteiger partial charge in [-0.25, -0.2) is 9.59 Å². The lowest BCUT2D eigenvalue weighted by molar-refractivity contribution is -0.232. The Bertz CT molecular complexity index is 1210. The number of hydrogen-bond acceptors (Lipinski definition) is 8. The van der Waals surface area contributed by atoms with E-state index in [0.717, 1.165) is 5.56 Å². The maximum absolute atomic E-state index is 13.0. The number of benzene rings is 3. The maximum atomic E-state index is 13.0. The van der Waals surface area contributed by atoms with Gasteiger partial charge in [-0.15, -0.1) is 0 Å². The average molecular weight is 519 g/mol. The van der Waals surface area contributed by atoms with Gasteiger partial charge in [0.05, 0.1) is 17.7 Å². The molecule has 8 nitrogen and oxygen atoms in total. The molecule has 198 valence electrons. The van der Waals surface area contributed by atoms with Crippen LogP contribution in [0.5, 0.6) is 0 Å². The molecule has 5 rings (SSSR count). The van der Waals surface area contributed by atoms with Gasteiger partial charge >= 0.3 is 11.9 Å². The zero-order chi connectivity index (χ0) is 26.5. The summed E-state index contributed by atoms with van der Waals surface area (Å²) in [5.74, 6) is -1.99. The molecule has 2 aliphatic rings. The molecule has 3 aromatic rings. The third kappa shape index (κ3) is 6.11. The van der Waals surface area contributed by atoms with E-state index in [-0.39, 0.29) is 13.2 Å². The summed E-state index contributed by atoms with van der Waals surface area (Å²) in [6, 6.07) is 26.9. The molecule has 2 heterocycles. The zero-order valence-electron chi connectivity index (χ0n) is 21.2. The van der Waals surface area contributed by atoms with Crippen molar-refractivity contribution in [3.63, 3.8) is 0 Å². The van der Waals surface area contributed by atoms with Crippen LogP contribution in [0.25, 0.3) is 0 Å². The van der Waals surface area contributed by atoms with Crippen molar-refractivity contribution in [2.75, 3.05) is 6.61 Å². The average Bonchev–Trinajstić information content (AvgIpc) is 3.42. The van der Waals surface area contributed by atoms with Crippen molar-refractivity contribution in [2.45, 2.75) is 56.9 Å². The van der Waals surface area contributed by atoms with Gasteiger partial charge in [0.1, 0.15) is 24.9 Å². The predicted molar refractivity (Wildman–Crippen MR) is 136 cm³/mol. The van der Waals surface area contributed by atoms with E-state index < -0.39 is 48.4 Å².